The molecule has 0 bridgehead atoms. The number of pyridine rings is 1. The third-order valence-electron chi connectivity index (χ3n) is 3.98. The zero-order valence-electron chi connectivity index (χ0n) is 14.9. The molecule has 2 heterocycles. The summed E-state index contributed by atoms with van der Waals surface area (Å²) in [5.41, 5.74) is 1.09. The molecule has 0 aliphatic heterocycles. The number of halogens is 1. The van der Waals surface area contributed by atoms with Gasteiger partial charge in [-0.25, -0.2) is 9.78 Å². The van der Waals surface area contributed by atoms with Crippen molar-refractivity contribution in [3.63, 3.8) is 0 Å². The average Bonchev–Trinajstić information content (AvgIpc) is 3.31. The summed E-state index contributed by atoms with van der Waals surface area (Å²) >= 11 is 5.85. The number of ether oxygens (including phenoxy) is 1. The smallest absolute Gasteiger partial charge is 0.335 e. The molecule has 0 unspecified atom stereocenters. The quantitative estimate of drug-likeness (QED) is 0.693. The summed E-state index contributed by atoms with van der Waals surface area (Å²) in [6.45, 7) is 2.61. The normalized spacial score (nSPS) is 12.8. The fourth-order valence-corrected chi connectivity index (χ4v) is 2.27. The molecule has 0 saturated heterocycles. The molecule has 4 rings (SSSR count). The Morgan fingerprint density at radius 2 is 1.93 bits per heavy atom. The van der Waals surface area contributed by atoms with Crippen LogP contribution in [0.1, 0.15) is 35.7 Å². The summed E-state index contributed by atoms with van der Waals surface area (Å²) in [5.74, 6) is 0.903. The van der Waals surface area contributed by atoms with Crippen LogP contribution < -0.4 is 4.74 Å². The van der Waals surface area contributed by atoms with Gasteiger partial charge < -0.3 is 9.84 Å². The number of carbonyl (C=O) groups is 1. The van der Waals surface area contributed by atoms with Gasteiger partial charge in [0.05, 0.1) is 11.8 Å². The van der Waals surface area contributed by atoms with Crippen molar-refractivity contribution in [3.05, 3.63) is 71.0 Å². The summed E-state index contributed by atoms with van der Waals surface area (Å²) in [5, 5.41) is 13.8. The highest BCUT2D eigenvalue weighted by molar-refractivity contribution is 6.30. The highest BCUT2D eigenvalue weighted by Crippen LogP contribution is 2.26. The molecule has 7 heteroatoms. The Morgan fingerprint density at radius 3 is 2.56 bits per heavy atom. The minimum absolute atomic E-state index is 0.133. The molecule has 0 spiro atoms. The first-order valence-electron chi connectivity index (χ1n) is 8.64. The first kappa shape index (κ1) is 18.9. The Morgan fingerprint density at radius 1 is 1.22 bits per heavy atom. The van der Waals surface area contributed by atoms with Gasteiger partial charge in [-0.05, 0) is 35.7 Å². The van der Waals surface area contributed by atoms with E-state index in [1.165, 1.54) is 35.9 Å². The first-order valence-corrected chi connectivity index (χ1v) is 9.01. The Balaban J connectivity index is 0.000000466. The molecule has 1 fully saturated rings. The molecule has 1 N–H and O–H groups in total. The van der Waals surface area contributed by atoms with E-state index in [9.17, 15) is 4.79 Å². The number of hydrogen-bond donors (Lipinski definition) is 1. The number of nitrogens with zero attached hydrogens (tertiary/aromatic N) is 3. The maximum atomic E-state index is 11.0. The van der Waals surface area contributed by atoms with Gasteiger partial charge in [-0.2, -0.15) is 9.78 Å². The molecule has 2 aromatic heterocycles. The molecule has 0 amide bonds. The SMILES string of the molecule is CC1CC1.O=C(O)c1ccnc(-n2nccc2OCc2ccc(Cl)cc2)c1. The summed E-state index contributed by atoms with van der Waals surface area (Å²) in [7, 11) is 0. The van der Waals surface area contributed by atoms with Gasteiger partial charge >= 0.3 is 5.97 Å². The van der Waals surface area contributed by atoms with Crippen molar-refractivity contribution in [2.75, 3.05) is 0 Å². The molecule has 1 aliphatic carbocycles. The van der Waals surface area contributed by atoms with E-state index in [-0.39, 0.29) is 5.56 Å². The molecule has 0 atom stereocenters. The van der Waals surface area contributed by atoms with Gasteiger partial charge in [-0.15, -0.1) is 0 Å². The molecule has 1 saturated carbocycles. The van der Waals surface area contributed by atoms with Gasteiger partial charge in [-0.1, -0.05) is 43.5 Å². The van der Waals surface area contributed by atoms with Crippen LogP contribution in [0.5, 0.6) is 5.88 Å². The predicted molar refractivity (Wildman–Crippen MR) is 103 cm³/mol. The fourth-order valence-electron chi connectivity index (χ4n) is 2.14. The van der Waals surface area contributed by atoms with Crippen LogP contribution in [0.15, 0.2) is 54.9 Å². The van der Waals surface area contributed by atoms with Crippen LogP contribution in [0.4, 0.5) is 0 Å². The van der Waals surface area contributed by atoms with E-state index >= 15 is 0 Å². The topological polar surface area (TPSA) is 77.2 Å². The molecule has 140 valence electrons. The number of benzene rings is 1. The highest BCUT2D eigenvalue weighted by atomic mass is 35.5. The van der Waals surface area contributed by atoms with Crippen molar-refractivity contribution in [2.24, 2.45) is 5.92 Å². The van der Waals surface area contributed by atoms with Gasteiger partial charge in [0.15, 0.2) is 5.82 Å². The highest BCUT2D eigenvalue weighted by Gasteiger charge is 2.12. The second-order valence-corrected chi connectivity index (χ2v) is 6.82. The lowest BCUT2D eigenvalue weighted by Crippen LogP contribution is -2.06. The summed E-state index contributed by atoms with van der Waals surface area (Å²) < 4.78 is 7.17. The van der Waals surface area contributed by atoms with Crippen molar-refractivity contribution >= 4 is 17.6 Å². The number of aromatic carboxylic acids is 1. The minimum atomic E-state index is -1.02. The standard InChI is InChI=1S/C16H12ClN3O3.C4H8/c17-13-3-1-11(2-4-13)10-23-15-6-8-19-20(15)14-9-12(16(21)22)5-7-18-14;1-4-2-3-4/h1-9H,10H2,(H,21,22);4H,2-3H2,1H3. The van der Waals surface area contributed by atoms with E-state index in [2.05, 4.69) is 17.0 Å². The van der Waals surface area contributed by atoms with Crippen molar-refractivity contribution < 1.29 is 14.6 Å². The molecule has 6 nitrogen and oxygen atoms in total. The number of carboxylic acids is 1. The average molecular weight is 386 g/mol. The molecular formula is C20H20ClN3O3. The minimum Gasteiger partial charge on any atom is -0.478 e. The largest absolute Gasteiger partial charge is 0.478 e. The van der Waals surface area contributed by atoms with Gasteiger partial charge in [0.25, 0.3) is 0 Å². The third kappa shape index (κ3) is 5.56. The molecule has 1 aliphatic rings. The van der Waals surface area contributed by atoms with E-state index in [1.54, 1.807) is 24.4 Å². The van der Waals surface area contributed by atoms with E-state index in [4.69, 9.17) is 21.4 Å². The Kier molecular flexibility index (Phi) is 6.08. The van der Waals surface area contributed by atoms with Crippen molar-refractivity contribution in [1.29, 1.82) is 0 Å². The summed E-state index contributed by atoms with van der Waals surface area (Å²) in [6.07, 6.45) is 5.95. The zero-order valence-corrected chi connectivity index (χ0v) is 15.6. The van der Waals surface area contributed by atoms with Crippen LogP contribution in [0.3, 0.4) is 0 Å². The fraction of sp³-hybridized carbons (Fsp3) is 0.250. The summed E-state index contributed by atoms with van der Waals surface area (Å²) in [6, 6.07) is 11.8. The monoisotopic (exact) mass is 385 g/mol. The van der Waals surface area contributed by atoms with Crippen molar-refractivity contribution in [3.8, 4) is 11.7 Å². The van der Waals surface area contributed by atoms with Crippen LogP contribution in [-0.2, 0) is 6.61 Å². The van der Waals surface area contributed by atoms with E-state index in [0.717, 1.165) is 11.5 Å². The Bertz CT molecular complexity index is 905. The van der Waals surface area contributed by atoms with Crippen molar-refractivity contribution in [2.45, 2.75) is 26.4 Å². The van der Waals surface area contributed by atoms with Gasteiger partial charge in [0.1, 0.15) is 6.61 Å². The van der Waals surface area contributed by atoms with Crippen LogP contribution in [-0.4, -0.2) is 25.8 Å². The first-order chi connectivity index (χ1) is 13.0. The van der Waals surface area contributed by atoms with Crippen LogP contribution in [0.2, 0.25) is 5.02 Å². The molecule has 27 heavy (non-hydrogen) atoms. The number of hydrogen-bond acceptors (Lipinski definition) is 4. The van der Waals surface area contributed by atoms with E-state index in [1.807, 2.05) is 12.1 Å². The van der Waals surface area contributed by atoms with Gasteiger partial charge in [-0.3, -0.25) is 0 Å². The molecule has 0 radical (unpaired) electrons. The van der Waals surface area contributed by atoms with Crippen LogP contribution in [0.25, 0.3) is 5.82 Å². The van der Waals surface area contributed by atoms with Crippen LogP contribution in [0, 0.1) is 5.92 Å². The lowest BCUT2D eigenvalue weighted by Gasteiger charge is -2.09. The summed E-state index contributed by atoms with van der Waals surface area (Å²) in [4.78, 5) is 15.2. The van der Waals surface area contributed by atoms with E-state index < -0.39 is 5.97 Å². The lowest BCUT2D eigenvalue weighted by atomic mass is 10.2. The molecule has 3 aromatic rings. The lowest BCUT2D eigenvalue weighted by molar-refractivity contribution is 0.0696. The van der Waals surface area contributed by atoms with Gasteiger partial charge in [0, 0.05) is 17.3 Å². The number of carboxylic acid groups (broad SMARTS) is 1. The van der Waals surface area contributed by atoms with Crippen LogP contribution >= 0.6 is 11.6 Å². The maximum Gasteiger partial charge on any atom is 0.335 e. The number of aromatic nitrogens is 3. The third-order valence-corrected chi connectivity index (χ3v) is 4.24. The zero-order chi connectivity index (χ0) is 19.2. The second kappa shape index (κ2) is 8.68. The Hall–Kier alpha value is -2.86. The molecule has 1 aromatic carbocycles. The molecular weight excluding hydrogens is 366 g/mol. The number of rotatable bonds is 5. The maximum absolute atomic E-state index is 11.0. The predicted octanol–water partition coefficient (Wildman–Crippen LogP) is 4.61. The van der Waals surface area contributed by atoms with E-state index in [0.29, 0.717) is 23.3 Å². The van der Waals surface area contributed by atoms with Crippen molar-refractivity contribution in [1.82, 2.24) is 14.8 Å². The second-order valence-electron chi connectivity index (χ2n) is 6.39. The Labute approximate surface area is 162 Å². The van der Waals surface area contributed by atoms with Gasteiger partial charge in [0.2, 0.25) is 5.88 Å².